The van der Waals surface area contributed by atoms with Crippen LogP contribution in [0.1, 0.15) is 18.4 Å². The molecular formula is C14H13NO4. The van der Waals surface area contributed by atoms with Crippen molar-refractivity contribution in [3.8, 4) is 11.5 Å². The fourth-order valence-corrected chi connectivity index (χ4v) is 2.27. The molecule has 1 saturated heterocycles. The average Bonchev–Trinajstić information content (AvgIpc) is 2.88. The SMILES string of the molecule is O=CN1CCC/C(=C/c2ccc3c(c2)OCO3)C1=O. The Hall–Kier alpha value is -2.30. The van der Waals surface area contributed by atoms with Crippen LogP contribution >= 0.6 is 0 Å². The second kappa shape index (κ2) is 4.76. The van der Waals surface area contributed by atoms with E-state index in [0.717, 1.165) is 12.0 Å². The van der Waals surface area contributed by atoms with Gasteiger partial charge in [0.05, 0.1) is 0 Å². The summed E-state index contributed by atoms with van der Waals surface area (Å²) >= 11 is 0. The van der Waals surface area contributed by atoms with Gasteiger partial charge in [-0.2, -0.15) is 0 Å². The van der Waals surface area contributed by atoms with Gasteiger partial charge >= 0.3 is 0 Å². The lowest BCUT2D eigenvalue weighted by atomic mass is 10.0. The maximum absolute atomic E-state index is 12.0. The van der Waals surface area contributed by atoms with Crippen molar-refractivity contribution in [3.63, 3.8) is 0 Å². The van der Waals surface area contributed by atoms with Crippen LogP contribution in [0.2, 0.25) is 0 Å². The van der Waals surface area contributed by atoms with E-state index in [4.69, 9.17) is 9.47 Å². The van der Waals surface area contributed by atoms with E-state index in [2.05, 4.69) is 0 Å². The quantitative estimate of drug-likeness (QED) is 0.597. The van der Waals surface area contributed by atoms with E-state index in [1.54, 1.807) is 6.08 Å². The zero-order valence-electron chi connectivity index (χ0n) is 10.3. The molecule has 0 atom stereocenters. The van der Waals surface area contributed by atoms with Gasteiger partial charge in [-0.25, -0.2) is 0 Å². The molecule has 0 aliphatic carbocycles. The molecule has 5 heteroatoms. The molecule has 0 saturated carbocycles. The minimum absolute atomic E-state index is 0.209. The van der Waals surface area contributed by atoms with Crippen molar-refractivity contribution in [2.75, 3.05) is 13.3 Å². The minimum atomic E-state index is -0.209. The highest BCUT2D eigenvalue weighted by Crippen LogP contribution is 2.33. The smallest absolute Gasteiger partial charge is 0.256 e. The number of nitrogens with zero attached hydrogens (tertiary/aromatic N) is 1. The van der Waals surface area contributed by atoms with Crippen LogP contribution in [-0.4, -0.2) is 30.6 Å². The molecule has 19 heavy (non-hydrogen) atoms. The van der Waals surface area contributed by atoms with E-state index in [0.29, 0.717) is 36.4 Å². The molecule has 5 nitrogen and oxygen atoms in total. The van der Waals surface area contributed by atoms with Crippen molar-refractivity contribution in [1.82, 2.24) is 4.90 Å². The summed E-state index contributed by atoms with van der Waals surface area (Å²) in [5.74, 6) is 1.19. The van der Waals surface area contributed by atoms with Gasteiger partial charge in [-0.1, -0.05) is 6.07 Å². The molecule has 0 spiro atoms. The lowest BCUT2D eigenvalue weighted by Gasteiger charge is -2.22. The summed E-state index contributed by atoms with van der Waals surface area (Å²) in [6.07, 6.45) is 3.90. The normalized spacial score (nSPS) is 19.9. The first-order chi connectivity index (χ1) is 9.28. The molecule has 1 aromatic rings. The van der Waals surface area contributed by atoms with Crippen LogP contribution < -0.4 is 9.47 Å². The fraction of sp³-hybridized carbons (Fsp3) is 0.286. The summed E-state index contributed by atoms with van der Waals surface area (Å²) in [6, 6.07) is 5.52. The molecule has 0 aromatic heterocycles. The summed E-state index contributed by atoms with van der Waals surface area (Å²) in [5, 5.41) is 0. The maximum atomic E-state index is 12.0. The predicted molar refractivity (Wildman–Crippen MR) is 67.6 cm³/mol. The number of ether oxygens (including phenoxy) is 2. The van der Waals surface area contributed by atoms with Crippen LogP contribution in [0.15, 0.2) is 23.8 Å². The van der Waals surface area contributed by atoms with Gasteiger partial charge < -0.3 is 9.47 Å². The van der Waals surface area contributed by atoms with Crippen molar-refractivity contribution in [2.45, 2.75) is 12.8 Å². The first-order valence-corrected chi connectivity index (χ1v) is 6.14. The molecule has 2 heterocycles. The number of likely N-dealkylation sites (tertiary alicyclic amines) is 1. The zero-order valence-corrected chi connectivity index (χ0v) is 10.3. The number of fused-ring (bicyclic) bond motifs is 1. The van der Waals surface area contributed by atoms with Gasteiger partial charge in [-0.05, 0) is 36.6 Å². The van der Waals surface area contributed by atoms with E-state index < -0.39 is 0 Å². The number of amides is 2. The van der Waals surface area contributed by atoms with Gasteiger partial charge in [0, 0.05) is 12.1 Å². The Morgan fingerprint density at radius 1 is 1.21 bits per heavy atom. The van der Waals surface area contributed by atoms with E-state index in [-0.39, 0.29) is 12.7 Å². The van der Waals surface area contributed by atoms with Gasteiger partial charge in [-0.3, -0.25) is 14.5 Å². The van der Waals surface area contributed by atoms with Gasteiger partial charge in [0.1, 0.15) is 0 Å². The Kier molecular flexibility index (Phi) is 2.95. The summed E-state index contributed by atoms with van der Waals surface area (Å²) in [4.78, 5) is 23.9. The highest BCUT2D eigenvalue weighted by atomic mass is 16.7. The standard InChI is InChI=1S/C14H13NO4/c16-8-15-5-1-2-11(14(15)17)6-10-3-4-12-13(7-10)19-9-18-12/h3-4,6-8H,1-2,5,9H2/b11-6-. The lowest BCUT2D eigenvalue weighted by molar-refractivity contribution is -0.136. The number of rotatable bonds is 2. The van der Waals surface area contributed by atoms with Crippen LogP contribution in [0.3, 0.4) is 0 Å². The van der Waals surface area contributed by atoms with Crippen molar-refractivity contribution >= 4 is 18.4 Å². The van der Waals surface area contributed by atoms with E-state index in [9.17, 15) is 9.59 Å². The first-order valence-electron chi connectivity index (χ1n) is 6.14. The van der Waals surface area contributed by atoms with E-state index >= 15 is 0 Å². The largest absolute Gasteiger partial charge is 0.454 e. The molecule has 3 rings (SSSR count). The summed E-state index contributed by atoms with van der Waals surface area (Å²) in [7, 11) is 0. The monoisotopic (exact) mass is 259 g/mol. The molecule has 98 valence electrons. The molecule has 2 amide bonds. The Morgan fingerprint density at radius 3 is 2.89 bits per heavy atom. The molecule has 2 aliphatic heterocycles. The Labute approximate surface area is 110 Å². The maximum Gasteiger partial charge on any atom is 0.256 e. The van der Waals surface area contributed by atoms with Crippen LogP contribution in [0.5, 0.6) is 11.5 Å². The molecule has 2 aliphatic rings. The zero-order chi connectivity index (χ0) is 13.2. The topological polar surface area (TPSA) is 55.8 Å². The van der Waals surface area contributed by atoms with Crippen LogP contribution in [0.25, 0.3) is 6.08 Å². The van der Waals surface area contributed by atoms with Crippen molar-refractivity contribution in [2.24, 2.45) is 0 Å². The lowest BCUT2D eigenvalue weighted by Crippen LogP contribution is -2.35. The number of hydrogen-bond acceptors (Lipinski definition) is 4. The van der Waals surface area contributed by atoms with Crippen LogP contribution in [0.4, 0.5) is 0 Å². The molecule has 0 unspecified atom stereocenters. The molecule has 0 bridgehead atoms. The number of carbonyl (C=O) groups is 2. The predicted octanol–water partition coefficient (Wildman–Crippen LogP) is 1.58. The number of hydrogen-bond donors (Lipinski definition) is 0. The minimum Gasteiger partial charge on any atom is -0.454 e. The second-order valence-corrected chi connectivity index (χ2v) is 4.49. The van der Waals surface area contributed by atoms with Crippen molar-refractivity contribution in [3.05, 3.63) is 29.3 Å². The highest BCUT2D eigenvalue weighted by molar-refractivity contribution is 6.03. The van der Waals surface area contributed by atoms with Gasteiger partial charge in [0.25, 0.3) is 5.91 Å². The fourth-order valence-electron chi connectivity index (χ4n) is 2.27. The Morgan fingerprint density at radius 2 is 2.05 bits per heavy atom. The number of imide groups is 1. The van der Waals surface area contributed by atoms with Gasteiger partial charge in [0.2, 0.25) is 13.2 Å². The Balaban J connectivity index is 1.88. The third-order valence-corrected chi connectivity index (χ3v) is 3.25. The number of carbonyl (C=O) groups excluding carboxylic acids is 2. The van der Waals surface area contributed by atoms with Crippen LogP contribution in [0, 0.1) is 0 Å². The second-order valence-electron chi connectivity index (χ2n) is 4.49. The summed E-state index contributed by atoms with van der Waals surface area (Å²) < 4.78 is 10.5. The van der Waals surface area contributed by atoms with Gasteiger partial charge in [-0.15, -0.1) is 0 Å². The molecule has 0 radical (unpaired) electrons. The first kappa shape index (κ1) is 11.8. The highest BCUT2D eigenvalue weighted by Gasteiger charge is 2.22. The summed E-state index contributed by atoms with van der Waals surface area (Å²) in [6.45, 7) is 0.730. The molecule has 0 N–H and O–H groups in total. The van der Waals surface area contributed by atoms with Crippen LogP contribution in [-0.2, 0) is 9.59 Å². The van der Waals surface area contributed by atoms with E-state index in [1.165, 1.54) is 4.90 Å². The third kappa shape index (κ3) is 2.19. The van der Waals surface area contributed by atoms with E-state index in [1.807, 2.05) is 18.2 Å². The van der Waals surface area contributed by atoms with Crippen molar-refractivity contribution < 1.29 is 19.1 Å². The van der Waals surface area contributed by atoms with Gasteiger partial charge in [0.15, 0.2) is 11.5 Å². The third-order valence-electron chi connectivity index (χ3n) is 3.25. The number of benzene rings is 1. The summed E-state index contributed by atoms with van der Waals surface area (Å²) in [5.41, 5.74) is 1.53. The average molecular weight is 259 g/mol. The molecule has 1 aromatic carbocycles. The van der Waals surface area contributed by atoms with Crippen molar-refractivity contribution in [1.29, 1.82) is 0 Å². The Bertz CT molecular complexity index is 565. The molecule has 1 fully saturated rings. The number of piperidine rings is 1. The molecular weight excluding hydrogens is 246 g/mol.